The Kier molecular flexibility index (Phi) is 5.99. The van der Waals surface area contributed by atoms with Crippen molar-refractivity contribution in [1.82, 2.24) is 0 Å². The predicted molar refractivity (Wildman–Crippen MR) is 86.3 cm³/mol. The second kappa shape index (κ2) is 8.01. The average Bonchev–Trinajstić information content (AvgIpc) is 2.55. The first-order valence-corrected chi connectivity index (χ1v) is 7.72. The quantitative estimate of drug-likeness (QED) is 0.467. The van der Waals surface area contributed by atoms with Gasteiger partial charge in [0.25, 0.3) is 0 Å². The summed E-state index contributed by atoms with van der Waals surface area (Å²) in [5.41, 5.74) is 0.523. The predicted octanol–water partition coefficient (Wildman–Crippen LogP) is 2.77. The van der Waals surface area contributed by atoms with E-state index in [1.54, 1.807) is 11.4 Å². The Morgan fingerprint density at radius 1 is 1.12 bits per heavy atom. The van der Waals surface area contributed by atoms with Crippen LogP contribution >= 0.6 is 0 Å². The number of carboxylic acids is 1. The number of aromatic carboxylic acids is 1. The van der Waals surface area contributed by atoms with Crippen molar-refractivity contribution in [2.75, 3.05) is 6.54 Å². The fraction of sp³-hybridized carbons (Fsp3) is 0.222. The van der Waals surface area contributed by atoms with Crippen LogP contribution in [0.25, 0.3) is 0 Å². The molecule has 0 amide bonds. The number of hydrogen-bond acceptors (Lipinski definition) is 3. The molecular formula is C18H17F3NO4+. The number of esters is 1. The number of alkyl halides is 3. The van der Waals surface area contributed by atoms with E-state index in [9.17, 15) is 27.9 Å². The first-order valence-electron chi connectivity index (χ1n) is 7.72. The second-order valence-electron chi connectivity index (χ2n) is 5.59. The van der Waals surface area contributed by atoms with Gasteiger partial charge in [-0.15, -0.1) is 0 Å². The van der Waals surface area contributed by atoms with Crippen molar-refractivity contribution in [3.05, 3.63) is 59.2 Å². The van der Waals surface area contributed by atoms with Gasteiger partial charge in [-0.05, 0) is 23.8 Å². The molecule has 0 heterocycles. The molecule has 0 spiro atoms. The van der Waals surface area contributed by atoms with Crippen LogP contribution in [0.5, 0.6) is 5.75 Å². The number of nitrogens with two attached hydrogens (primary N) is 1. The van der Waals surface area contributed by atoms with Crippen LogP contribution in [-0.4, -0.2) is 23.6 Å². The molecule has 0 unspecified atom stereocenters. The van der Waals surface area contributed by atoms with Crippen LogP contribution in [0.3, 0.4) is 0 Å². The number of quaternary nitrogens is 1. The molecule has 0 saturated heterocycles. The van der Waals surface area contributed by atoms with Gasteiger partial charge in [-0.2, -0.15) is 13.2 Å². The van der Waals surface area contributed by atoms with E-state index in [-0.39, 0.29) is 11.3 Å². The number of hydrogen-bond donors (Lipinski definition) is 2. The average molecular weight is 368 g/mol. The zero-order chi connectivity index (χ0) is 19.3. The molecule has 138 valence electrons. The van der Waals surface area contributed by atoms with Crippen molar-refractivity contribution in [1.29, 1.82) is 0 Å². The minimum absolute atomic E-state index is 0.0371. The van der Waals surface area contributed by atoms with Crippen LogP contribution < -0.4 is 10.1 Å². The SMILES string of the molecule is CC(=O)Oc1ccc([NH2+]CCc2ccc(C(F)(F)F)cc2)cc1C(=O)O. The number of benzene rings is 2. The Morgan fingerprint density at radius 3 is 2.31 bits per heavy atom. The molecule has 0 bridgehead atoms. The van der Waals surface area contributed by atoms with Gasteiger partial charge in [0.15, 0.2) is 0 Å². The van der Waals surface area contributed by atoms with Crippen molar-refractivity contribution in [2.45, 2.75) is 19.5 Å². The Labute approximate surface area is 147 Å². The largest absolute Gasteiger partial charge is 0.478 e. The molecular weight excluding hydrogens is 351 g/mol. The van der Waals surface area contributed by atoms with E-state index in [4.69, 9.17) is 4.74 Å². The Bertz CT molecular complexity index is 801. The van der Waals surface area contributed by atoms with E-state index in [1.165, 1.54) is 31.2 Å². The molecule has 2 rings (SSSR count). The lowest BCUT2D eigenvalue weighted by Crippen LogP contribution is -2.78. The summed E-state index contributed by atoms with van der Waals surface area (Å²) in [5.74, 6) is -1.88. The molecule has 0 aliphatic heterocycles. The topological polar surface area (TPSA) is 80.2 Å². The first kappa shape index (κ1) is 19.5. The zero-order valence-corrected chi connectivity index (χ0v) is 13.8. The van der Waals surface area contributed by atoms with Crippen LogP contribution in [0.2, 0.25) is 0 Å². The third-order valence-corrected chi connectivity index (χ3v) is 3.58. The monoisotopic (exact) mass is 368 g/mol. The summed E-state index contributed by atoms with van der Waals surface area (Å²) >= 11 is 0. The molecule has 0 radical (unpaired) electrons. The summed E-state index contributed by atoms with van der Waals surface area (Å²) in [5, 5.41) is 11.0. The number of carbonyl (C=O) groups excluding carboxylic acids is 1. The summed E-state index contributed by atoms with van der Waals surface area (Å²) in [7, 11) is 0. The van der Waals surface area contributed by atoms with Crippen LogP contribution in [0.15, 0.2) is 42.5 Å². The van der Waals surface area contributed by atoms with E-state index in [0.717, 1.165) is 17.7 Å². The lowest BCUT2D eigenvalue weighted by molar-refractivity contribution is -0.570. The molecule has 0 atom stereocenters. The van der Waals surface area contributed by atoms with Crippen molar-refractivity contribution < 1.29 is 37.9 Å². The van der Waals surface area contributed by atoms with Gasteiger partial charge in [0.05, 0.1) is 12.1 Å². The maximum Gasteiger partial charge on any atom is 0.416 e. The fourth-order valence-electron chi connectivity index (χ4n) is 2.35. The highest BCUT2D eigenvalue weighted by atomic mass is 19.4. The van der Waals surface area contributed by atoms with Gasteiger partial charge in [-0.3, -0.25) is 4.79 Å². The molecule has 0 aromatic heterocycles. The molecule has 0 aliphatic rings. The summed E-state index contributed by atoms with van der Waals surface area (Å²) in [4.78, 5) is 22.3. The third-order valence-electron chi connectivity index (χ3n) is 3.58. The van der Waals surface area contributed by atoms with Crippen molar-refractivity contribution in [3.63, 3.8) is 0 Å². The highest BCUT2D eigenvalue weighted by molar-refractivity contribution is 5.92. The van der Waals surface area contributed by atoms with E-state index in [0.29, 0.717) is 18.7 Å². The van der Waals surface area contributed by atoms with Gasteiger partial charge in [0, 0.05) is 25.5 Å². The number of ether oxygens (including phenoxy) is 1. The van der Waals surface area contributed by atoms with Crippen LogP contribution in [0, 0.1) is 0 Å². The maximum atomic E-state index is 12.5. The number of halogens is 3. The molecule has 2 aromatic rings. The van der Waals surface area contributed by atoms with E-state index >= 15 is 0 Å². The highest BCUT2D eigenvalue weighted by Gasteiger charge is 2.29. The lowest BCUT2D eigenvalue weighted by Gasteiger charge is -2.08. The van der Waals surface area contributed by atoms with Crippen molar-refractivity contribution in [2.24, 2.45) is 0 Å². The molecule has 5 nitrogen and oxygen atoms in total. The summed E-state index contributed by atoms with van der Waals surface area (Å²) in [6, 6.07) is 9.30. The molecule has 3 N–H and O–H groups in total. The summed E-state index contributed by atoms with van der Waals surface area (Å²) < 4.78 is 42.4. The van der Waals surface area contributed by atoms with Gasteiger partial charge >= 0.3 is 18.1 Å². The normalized spacial score (nSPS) is 11.2. The minimum Gasteiger partial charge on any atom is -0.478 e. The Hall–Kier alpha value is -2.87. The molecule has 8 heteroatoms. The van der Waals surface area contributed by atoms with Gasteiger partial charge < -0.3 is 15.2 Å². The number of carbonyl (C=O) groups is 2. The Morgan fingerprint density at radius 2 is 1.77 bits per heavy atom. The number of carboxylic acid groups (broad SMARTS) is 1. The summed E-state index contributed by atoms with van der Waals surface area (Å²) in [6.45, 7) is 1.69. The van der Waals surface area contributed by atoms with Gasteiger partial charge in [0.2, 0.25) is 0 Å². The Balaban J connectivity index is 2.00. The maximum absolute atomic E-state index is 12.5. The molecule has 2 aromatic carbocycles. The van der Waals surface area contributed by atoms with Gasteiger partial charge in [-0.25, -0.2) is 4.79 Å². The van der Waals surface area contributed by atoms with E-state index in [2.05, 4.69) is 0 Å². The van der Waals surface area contributed by atoms with Crippen LogP contribution in [0.4, 0.5) is 18.9 Å². The standard InChI is InChI=1S/C18H16F3NO4/c1-11(23)26-16-7-6-14(10-15(16)17(24)25)22-9-8-12-2-4-13(5-3-12)18(19,20)21/h2-7,10,22H,8-9H2,1H3,(H,24,25)/p+1. The number of rotatable bonds is 6. The van der Waals surface area contributed by atoms with E-state index < -0.39 is 23.7 Å². The van der Waals surface area contributed by atoms with Crippen molar-refractivity contribution in [3.8, 4) is 5.75 Å². The zero-order valence-electron chi connectivity index (χ0n) is 13.8. The van der Waals surface area contributed by atoms with E-state index in [1.807, 2.05) is 0 Å². The molecule has 0 saturated carbocycles. The molecule has 0 aliphatic carbocycles. The minimum atomic E-state index is -4.36. The third kappa shape index (κ3) is 5.32. The molecule has 0 fully saturated rings. The lowest BCUT2D eigenvalue weighted by atomic mass is 10.1. The summed E-state index contributed by atoms with van der Waals surface area (Å²) in [6.07, 6.45) is -3.85. The fourth-order valence-corrected chi connectivity index (χ4v) is 2.35. The highest BCUT2D eigenvalue weighted by Crippen LogP contribution is 2.29. The van der Waals surface area contributed by atoms with Gasteiger partial charge in [-0.1, -0.05) is 12.1 Å². The van der Waals surface area contributed by atoms with Gasteiger partial charge in [0.1, 0.15) is 17.0 Å². The molecule has 26 heavy (non-hydrogen) atoms. The van der Waals surface area contributed by atoms with Crippen LogP contribution in [-0.2, 0) is 17.4 Å². The first-order chi connectivity index (χ1) is 12.2. The van der Waals surface area contributed by atoms with Crippen molar-refractivity contribution >= 4 is 17.6 Å². The second-order valence-corrected chi connectivity index (χ2v) is 5.59. The smallest absolute Gasteiger partial charge is 0.416 e. The van der Waals surface area contributed by atoms with Crippen LogP contribution in [0.1, 0.15) is 28.4 Å².